The van der Waals surface area contributed by atoms with Crippen molar-refractivity contribution in [1.82, 2.24) is 9.78 Å². The summed E-state index contributed by atoms with van der Waals surface area (Å²) in [5.41, 5.74) is 0.949. The third-order valence-electron chi connectivity index (χ3n) is 3.10. The zero-order chi connectivity index (χ0) is 15.9. The maximum atomic E-state index is 12.9. The van der Waals surface area contributed by atoms with Gasteiger partial charge < -0.3 is 0 Å². The average molecular weight is 317 g/mol. The highest BCUT2D eigenvalue weighted by molar-refractivity contribution is 6.32. The highest BCUT2D eigenvalue weighted by Gasteiger charge is 2.39. The number of nitrogens with zero attached hydrogens (tertiary/aromatic N) is 2. The number of alkyl halides is 3. The van der Waals surface area contributed by atoms with E-state index < -0.39 is 17.4 Å². The first-order chi connectivity index (χ1) is 9.66. The molecule has 0 radical (unpaired) electrons. The van der Waals surface area contributed by atoms with Crippen LogP contribution in [0, 0.1) is 20.8 Å². The molecule has 0 fully saturated rings. The van der Waals surface area contributed by atoms with E-state index in [0.29, 0.717) is 5.69 Å². The maximum Gasteiger partial charge on any atom is 0.435 e. The van der Waals surface area contributed by atoms with Gasteiger partial charge in [-0.15, -0.1) is 0 Å². The van der Waals surface area contributed by atoms with Gasteiger partial charge in [0.1, 0.15) is 5.15 Å². The molecule has 2 aromatic rings. The second-order valence-electron chi connectivity index (χ2n) is 4.83. The Morgan fingerprint density at radius 3 is 2.10 bits per heavy atom. The standard InChI is InChI=1S/C14H12ClF3N2O/c1-7-4-8(2)11(9(3)5-7)20-13(15)10(6-21)12(19-20)14(16,17)18/h4-6H,1-3H3. The van der Waals surface area contributed by atoms with Gasteiger partial charge in [-0.2, -0.15) is 18.3 Å². The van der Waals surface area contributed by atoms with Crippen molar-refractivity contribution < 1.29 is 18.0 Å². The van der Waals surface area contributed by atoms with Crippen LogP contribution in [-0.4, -0.2) is 16.1 Å². The van der Waals surface area contributed by atoms with Gasteiger partial charge in [-0.3, -0.25) is 4.79 Å². The average Bonchev–Trinajstić information content (AvgIpc) is 2.65. The van der Waals surface area contributed by atoms with Crippen LogP contribution in [0.3, 0.4) is 0 Å². The lowest BCUT2D eigenvalue weighted by Crippen LogP contribution is -2.10. The predicted molar refractivity (Wildman–Crippen MR) is 73.2 cm³/mol. The van der Waals surface area contributed by atoms with Crippen LogP contribution in [0.2, 0.25) is 5.15 Å². The van der Waals surface area contributed by atoms with Crippen LogP contribution in [0.5, 0.6) is 0 Å². The van der Waals surface area contributed by atoms with Crippen LogP contribution >= 0.6 is 11.6 Å². The van der Waals surface area contributed by atoms with Gasteiger partial charge in [0.05, 0.1) is 11.3 Å². The number of aryl methyl sites for hydroxylation is 3. The molecule has 0 unspecified atom stereocenters. The molecule has 0 atom stereocenters. The lowest BCUT2D eigenvalue weighted by molar-refractivity contribution is -0.141. The van der Waals surface area contributed by atoms with Crippen molar-refractivity contribution in [3.05, 3.63) is 45.2 Å². The minimum atomic E-state index is -4.74. The van der Waals surface area contributed by atoms with Gasteiger partial charge in [0.2, 0.25) is 0 Å². The fraction of sp³-hybridized carbons (Fsp3) is 0.286. The Morgan fingerprint density at radius 2 is 1.71 bits per heavy atom. The predicted octanol–water partition coefficient (Wildman–Crippen LogP) is 4.28. The molecule has 7 heteroatoms. The van der Waals surface area contributed by atoms with Crippen molar-refractivity contribution in [3.63, 3.8) is 0 Å². The lowest BCUT2D eigenvalue weighted by Gasteiger charge is -2.12. The van der Waals surface area contributed by atoms with Crippen LogP contribution in [-0.2, 0) is 6.18 Å². The molecule has 0 spiro atoms. The minimum Gasteiger partial charge on any atom is -0.298 e. The molecule has 0 bridgehead atoms. The number of aldehydes is 1. The van der Waals surface area contributed by atoms with Crippen molar-refractivity contribution in [1.29, 1.82) is 0 Å². The molecule has 112 valence electrons. The van der Waals surface area contributed by atoms with E-state index in [1.807, 2.05) is 19.1 Å². The molecule has 0 N–H and O–H groups in total. The van der Waals surface area contributed by atoms with E-state index in [1.54, 1.807) is 13.8 Å². The number of carbonyl (C=O) groups excluding carboxylic acids is 1. The molecule has 3 nitrogen and oxygen atoms in total. The monoisotopic (exact) mass is 316 g/mol. The van der Waals surface area contributed by atoms with Gasteiger partial charge >= 0.3 is 6.18 Å². The Balaban J connectivity index is 2.78. The number of hydrogen-bond acceptors (Lipinski definition) is 2. The van der Waals surface area contributed by atoms with Gasteiger partial charge in [0.25, 0.3) is 0 Å². The summed E-state index contributed by atoms with van der Waals surface area (Å²) in [5.74, 6) is 0. The summed E-state index contributed by atoms with van der Waals surface area (Å²) in [6.07, 6.45) is -4.66. The topological polar surface area (TPSA) is 34.9 Å². The molecule has 1 heterocycles. The van der Waals surface area contributed by atoms with E-state index >= 15 is 0 Å². The number of rotatable bonds is 2. The summed E-state index contributed by atoms with van der Waals surface area (Å²) >= 11 is 5.92. The van der Waals surface area contributed by atoms with Crippen LogP contribution in [0.15, 0.2) is 12.1 Å². The molecule has 0 saturated heterocycles. The molecule has 0 aliphatic carbocycles. The van der Waals surface area contributed by atoms with Crippen molar-refractivity contribution in [2.24, 2.45) is 0 Å². The number of carbonyl (C=O) groups is 1. The van der Waals surface area contributed by atoms with Crippen LogP contribution in [0.4, 0.5) is 13.2 Å². The van der Waals surface area contributed by atoms with E-state index in [0.717, 1.165) is 21.4 Å². The minimum absolute atomic E-state index is 0.0769. The van der Waals surface area contributed by atoms with E-state index in [-0.39, 0.29) is 11.4 Å². The van der Waals surface area contributed by atoms with Gasteiger partial charge in [-0.05, 0) is 31.9 Å². The fourth-order valence-corrected chi connectivity index (χ4v) is 2.63. The van der Waals surface area contributed by atoms with E-state index in [9.17, 15) is 18.0 Å². The van der Waals surface area contributed by atoms with Crippen LogP contribution in [0.25, 0.3) is 5.69 Å². The summed E-state index contributed by atoms with van der Waals surface area (Å²) < 4.78 is 39.7. The Hall–Kier alpha value is -1.82. The Bertz CT molecular complexity index is 697. The van der Waals surface area contributed by atoms with Gasteiger partial charge in [0, 0.05) is 0 Å². The van der Waals surface area contributed by atoms with Gasteiger partial charge in [0.15, 0.2) is 12.0 Å². The quantitative estimate of drug-likeness (QED) is 0.775. The SMILES string of the molecule is Cc1cc(C)c(-n2nc(C(F)(F)F)c(C=O)c2Cl)c(C)c1. The fourth-order valence-electron chi connectivity index (χ4n) is 2.38. The smallest absolute Gasteiger partial charge is 0.298 e. The third kappa shape index (κ3) is 2.68. The van der Waals surface area contributed by atoms with Crippen molar-refractivity contribution in [3.8, 4) is 5.69 Å². The zero-order valence-corrected chi connectivity index (χ0v) is 12.3. The van der Waals surface area contributed by atoms with E-state index in [4.69, 9.17) is 11.6 Å². The summed E-state index contributed by atoms with van der Waals surface area (Å²) in [7, 11) is 0. The molecular formula is C14H12ClF3N2O. The first-order valence-corrected chi connectivity index (χ1v) is 6.43. The first-order valence-electron chi connectivity index (χ1n) is 6.06. The molecule has 0 aliphatic rings. The highest BCUT2D eigenvalue weighted by Crippen LogP contribution is 2.35. The molecule has 21 heavy (non-hydrogen) atoms. The number of halogens is 4. The number of hydrogen-bond donors (Lipinski definition) is 0. The van der Waals surface area contributed by atoms with E-state index in [1.165, 1.54) is 0 Å². The van der Waals surface area contributed by atoms with Crippen molar-refractivity contribution in [2.75, 3.05) is 0 Å². The molecule has 1 aromatic carbocycles. The van der Waals surface area contributed by atoms with Crippen molar-refractivity contribution >= 4 is 17.9 Å². The molecule has 2 rings (SSSR count). The third-order valence-corrected chi connectivity index (χ3v) is 3.46. The van der Waals surface area contributed by atoms with Crippen LogP contribution < -0.4 is 0 Å². The first kappa shape index (κ1) is 15.6. The normalized spacial score (nSPS) is 11.8. The zero-order valence-electron chi connectivity index (χ0n) is 11.5. The summed E-state index contributed by atoms with van der Waals surface area (Å²) in [4.78, 5) is 10.9. The van der Waals surface area contributed by atoms with Gasteiger partial charge in [-0.1, -0.05) is 29.3 Å². The molecule has 0 amide bonds. The summed E-state index contributed by atoms with van der Waals surface area (Å²) in [6.45, 7) is 5.38. The number of benzene rings is 1. The molecule has 1 aromatic heterocycles. The maximum absolute atomic E-state index is 12.9. The largest absolute Gasteiger partial charge is 0.435 e. The Labute approximate surface area is 124 Å². The summed E-state index contributed by atoms with van der Waals surface area (Å²) in [6, 6.07) is 3.63. The van der Waals surface area contributed by atoms with E-state index in [2.05, 4.69) is 5.10 Å². The number of aromatic nitrogens is 2. The Kier molecular flexibility index (Phi) is 3.84. The Morgan fingerprint density at radius 1 is 1.19 bits per heavy atom. The second-order valence-corrected chi connectivity index (χ2v) is 5.19. The lowest BCUT2D eigenvalue weighted by atomic mass is 10.1. The molecular weight excluding hydrogens is 305 g/mol. The van der Waals surface area contributed by atoms with Crippen molar-refractivity contribution in [2.45, 2.75) is 26.9 Å². The van der Waals surface area contributed by atoms with Crippen LogP contribution in [0.1, 0.15) is 32.7 Å². The highest BCUT2D eigenvalue weighted by atomic mass is 35.5. The second kappa shape index (κ2) is 5.18. The van der Waals surface area contributed by atoms with Gasteiger partial charge in [-0.25, -0.2) is 4.68 Å². The molecule has 0 saturated carbocycles. The molecule has 0 aliphatic heterocycles. The summed E-state index contributed by atoms with van der Waals surface area (Å²) in [5, 5.41) is 3.16.